The lowest BCUT2D eigenvalue weighted by Crippen LogP contribution is -2.65. The summed E-state index contributed by atoms with van der Waals surface area (Å²) in [5.74, 6) is -2.35. The summed E-state index contributed by atoms with van der Waals surface area (Å²) in [6, 6.07) is 7.08. The first-order valence-corrected chi connectivity index (χ1v) is 16.4. The van der Waals surface area contributed by atoms with Crippen molar-refractivity contribution in [1.29, 1.82) is 0 Å². The minimum Gasteiger partial charge on any atom is -0.508 e. The third kappa shape index (κ3) is 7.52. The minimum absolute atomic E-state index is 0.122. The highest BCUT2D eigenvalue weighted by molar-refractivity contribution is 5.88. The number of benzene rings is 2. The van der Waals surface area contributed by atoms with Crippen LogP contribution in [0.1, 0.15) is 6.92 Å². The van der Waals surface area contributed by atoms with Crippen LogP contribution in [0.25, 0.3) is 22.3 Å². The monoisotopic (exact) mass is 756 g/mol. The summed E-state index contributed by atoms with van der Waals surface area (Å²) < 4.78 is 39.8. The first-order chi connectivity index (χ1) is 25.1. The van der Waals surface area contributed by atoms with Crippen molar-refractivity contribution < 1.29 is 94.1 Å². The Hall–Kier alpha value is -3.71. The van der Waals surface area contributed by atoms with Crippen molar-refractivity contribution >= 4 is 11.0 Å². The lowest BCUT2D eigenvalue weighted by atomic mass is 9.96. The molecule has 0 radical (unpaired) electrons. The average molecular weight is 757 g/mol. The van der Waals surface area contributed by atoms with E-state index in [4.69, 9.17) is 32.8 Å². The van der Waals surface area contributed by atoms with E-state index in [1.165, 1.54) is 31.2 Å². The summed E-state index contributed by atoms with van der Waals surface area (Å²) in [7, 11) is 0. The fraction of sp³-hybridized carbons (Fsp3) is 0.545. The molecule has 0 aliphatic carbocycles. The van der Waals surface area contributed by atoms with Crippen LogP contribution in [0.3, 0.4) is 0 Å². The third-order valence-corrected chi connectivity index (χ3v) is 9.30. The van der Waals surface area contributed by atoms with Crippen molar-refractivity contribution in [2.24, 2.45) is 0 Å². The van der Waals surface area contributed by atoms with Crippen molar-refractivity contribution in [2.45, 2.75) is 99.0 Å². The average Bonchev–Trinajstić information content (AvgIpc) is 3.12. The lowest BCUT2D eigenvalue weighted by Gasteiger charge is -2.46. The number of rotatable bonds is 9. The highest BCUT2D eigenvalue weighted by atomic mass is 16.7. The maximum Gasteiger partial charge on any atom is 0.239 e. The number of aliphatic hydroxyl groups is 9. The maximum atomic E-state index is 13.9. The Balaban J connectivity index is 1.37. The van der Waals surface area contributed by atoms with Gasteiger partial charge in [0.15, 0.2) is 18.3 Å². The second kappa shape index (κ2) is 15.6. The van der Waals surface area contributed by atoms with Gasteiger partial charge in [-0.3, -0.25) is 4.79 Å². The normalized spacial score (nSPS) is 37.8. The minimum atomic E-state index is -2.10. The molecule has 292 valence electrons. The molecule has 0 bridgehead atoms. The predicted molar refractivity (Wildman–Crippen MR) is 171 cm³/mol. The van der Waals surface area contributed by atoms with Crippen LogP contribution in [0.2, 0.25) is 0 Å². The standard InChI is InChI=1S/C33H40O20/c1-10-19(38)23(42)25(44)31(48-10)47-9-17-21(40)29(52-32-26(45)24(43)20(39)16(8-34)50-32)27(46)33(51-17)53-30-22(41)18-14(37)6-13(36)7-15(18)49-28(30)11-2-4-12(35)5-3-11/h2-7,10,16-17,19-21,23-27,29,31-40,42-46H,8-9H2,1H3/t10-,16+,17+,19-,20+,21+,23+,24-,25+,26+,27+,29-,31+,32-,33-/m0/s1. The van der Waals surface area contributed by atoms with Gasteiger partial charge >= 0.3 is 0 Å². The topological polar surface area (TPSA) is 328 Å². The van der Waals surface area contributed by atoms with Gasteiger partial charge in [-0.05, 0) is 31.2 Å². The fourth-order valence-corrected chi connectivity index (χ4v) is 6.27. The van der Waals surface area contributed by atoms with Crippen LogP contribution in [-0.2, 0) is 23.7 Å². The van der Waals surface area contributed by atoms with E-state index in [9.17, 15) is 66.1 Å². The quantitative estimate of drug-likeness (QED) is 0.100. The molecule has 4 heterocycles. The number of hydrogen-bond acceptors (Lipinski definition) is 20. The van der Waals surface area contributed by atoms with Crippen LogP contribution < -0.4 is 10.2 Å². The highest BCUT2D eigenvalue weighted by Crippen LogP contribution is 2.38. The van der Waals surface area contributed by atoms with Crippen LogP contribution in [0.15, 0.2) is 45.6 Å². The van der Waals surface area contributed by atoms with Crippen molar-refractivity contribution in [2.75, 3.05) is 13.2 Å². The van der Waals surface area contributed by atoms with E-state index in [0.717, 1.165) is 12.1 Å². The summed E-state index contributed by atoms with van der Waals surface area (Å²) in [5, 5.41) is 125. The second-order valence-electron chi connectivity index (χ2n) is 12.9. The molecule has 20 nitrogen and oxygen atoms in total. The second-order valence-corrected chi connectivity index (χ2v) is 12.9. The number of phenols is 3. The number of fused-ring (bicyclic) bond motifs is 1. The molecule has 0 spiro atoms. The lowest BCUT2D eigenvalue weighted by molar-refractivity contribution is -0.358. The van der Waals surface area contributed by atoms with E-state index < -0.39 is 133 Å². The molecule has 2 aromatic carbocycles. The fourth-order valence-electron chi connectivity index (χ4n) is 6.27. The van der Waals surface area contributed by atoms with Crippen LogP contribution in [0.5, 0.6) is 23.0 Å². The molecular weight excluding hydrogens is 716 g/mol. The summed E-state index contributed by atoms with van der Waals surface area (Å²) >= 11 is 0. The zero-order valence-electron chi connectivity index (χ0n) is 27.7. The SMILES string of the molecule is C[C@@H]1O[C@@H](OC[C@H]2O[C@@H](Oc3c(-c4ccc(O)cc4)oc4cc(O)cc(O)c4c3=O)[C@H](O)[C@@H](O[C@@H]3O[C@H](CO)[C@@H](O)[C@H](O)[C@H]3O)[C@@H]2O)[C@H](O)[C@H](O)[C@H]1O. The van der Waals surface area contributed by atoms with Crippen LogP contribution in [0.4, 0.5) is 0 Å². The van der Waals surface area contributed by atoms with E-state index >= 15 is 0 Å². The molecule has 20 heteroatoms. The Morgan fingerprint density at radius 1 is 0.679 bits per heavy atom. The molecule has 1 aromatic heterocycles. The molecule has 0 unspecified atom stereocenters. The first kappa shape index (κ1) is 39.0. The molecule has 3 saturated heterocycles. The van der Waals surface area contributed by atoms with E-state index in [1.54, 1.807) is 0 Å². The molecule has 3 fully saturated rings. The Kier molecular flexibility index (Phi) is 11.5. The number of ether oxygens (including phenoxy) is 6. The zero-order chi connectivity index (χ0) is 38.5. The van der Waals surface area contributed by atoms with Crippen LogP contribution in [0, 0.1) is 0 Å². The Labute approximate surface area is 298 Å². The van der Waals surface area contributed by atoms with E-state index in [1.807, 2.05) is 0 Å². The summed E-state index contributed by atoms with van der Waals surface area (Å²) in [4.78, 5) is 13.9. The van der Waals surface area contributed by atoms with Gasteiger partial charge in [0, 0.05) is 17.7 Å². The largest absolute Gasteiger partial charge is 0.508 e. The molecule has 12 N–H and O–H groups in total. The van der Waals surface area contributed by atoms with E-state index in [2.05, 4.69) is 0 Å². The Morgan fingerprint density at radius 2 is 1.32 bits per heavy atom. The van der Waals surface area contributed by atoms with Gasteiger partial charge in [-0.15, -0.1) is 0 Å². The molecule has 53 heavy (non-hydrogen) atoms. The molecule has 3 aliphatic rings. The number of hydrogen-bond donors (Lipinski definition) is 12. The smallest absolute Gasteiger partial charge is 0.239 e. The summed E-state index contributed by atoms with van der Waals surface area (Å²) in [6.07, 6.45) is -26.1. The maximum absolute atomic E-state index is 13.9. The zero-order valence-corrected chi connectivity index (χ0v) is 27.7. The predicted octanol–water partition coefficient (Wildman–Crippen LogP) is -3.57. The van der Waals surface area contributed by atoms with Gasteiger partial charge in [0.2, 0.25) is 17.5 Å². The van der Waals surface area contributed by atoms with Gasteiger partial charge in [0.1, 0.15) is 95.4 Å². The molecule has 0 amide bonds. The van der Waals surface area contributed by atoms with Gasteiger partial charge in [-0.1, -0.05) is 0 Å². The summed E-state index contributed by atoms with van der Waals surface area (Å²) in [6.45, 7) is -0.152. The van der Waals surface area contributed by atoms with Gasteiger partial charge in [-0.25, -0.2) is 0 Å². The molecule has 3 aromatic rings. The molecular formula is C33H40O20. The van der Waals surface area contributed by atoms with Crippen LogP contribution >= 0.6 is 0 Å². The van der Waals surface area contributed by atoms with Gasteiger partial charge < -0.3 is 94.1 Å². The van der Waals surface area contributed by atoms with Crippen molar-refractivity contribution in [3.8, 4) is 34.3 Å². The molecule has 0 saturated carbocycles. The summed E-state index contributed by atoms with van der Waals surface area (Å²) in [5.41, 5.74) is -1.20. The molecule has 3 aliphatic heterocycles. The number of aliphatic hydroxyl groups excluding tert-OH is 9. The molecule has 6 rings (SSSR count). The van der Waals surface area contributed by atoms with Gasteiger partial charge in [0.05, 0.1) is 19.3 Å². The number of phenolic OH excluding ortho intramolecular Hbond substituents is 3. The Morgan fingerprint density at radius 3 is 2.00 bits per heavy atom. The molecule has 15 atom stereocenters. The number of aromatic hydroxyl groups is 3. The highest BCUT2D eigenvalue weighted by Gasteiger charge is 2.52. The van der Waals surface area contributed by atoms with E-state index in [-0.39, 0.29) is 22.7 Å². The van der Waals surface area contributed by atoms with Crippen LogP contribution in [-0.4, -0.2) is 167 Å². The van der Waals surface area contributed by atoms with Crippen molar-refractivity contribution in [3.63, 3.8) is 0 Å². The third-order valence-electron chi connectivity index (χ3n) is 9.30. The van der Waals surface area contributed by atoms with Crippen molar-refractivity contribution in [1.82, 2.24) is 0 Å². The Bertz CT molecular complexity index is 1780. The van der Waals surface area contributed by atoms with Gasteiger partial charge in [0.25, 0.3) is 0 Å². The van der Waals surface area contributed by atoms with Crippen molar-refractivity contribution in [3.05, 3.63) is 46.6 Å². The van der Waals surface area contributed by atoms with Gasteiger partial charge in [-0.2, -0.15) is 0 Å². The van der Waals surface area contributed by atoms with E-state index in [0.29, 0.717) is 0 Å². The first-order valence-electron chi connectivity index (χ1n) is 16.4.